The Morgan fingerprint density at radius 1 is 0.957 bits per heavy atom. The number of rotatable bonds is 0. The third-order valence-electron chi connectivity index (χ3n) is 9.03. The first kappa shape index (κ1) is 16.0. The Morgan fingerprint density at radius 2 is 1.70 bits per heavy atom. The topological polar surface area (TPSA) is 40.5 Å². The molecule has 4 aliphatic rings. The third-order valence-corrected chi connectivity index (χ3v) is 9.03. The minimum atomic E-state index is -0.886. The van der Waals surface area contributed by atoms with Crippen LogP contribution < -0.4 is 0 Å². The Kier molecular flexibility index (Phi) is 3.47. The number of hydrogen-bond acceptors (Lipinski definition) is 2. The molecule has 2 nitrogen and oxygen atoms in total. The van der Waals surface area contributed by atoms with Crippen LogP contribution in [0.2, 0.25) is 0 Å². The molecule has 128 valence electrons. The Balaban J connectivity index is 1.65. The van der Waals surface area contributed by atoms with Gasteiger partial charge in [-0.1, -0.05) is 19.8 Å². The molecule has 23 heavy (non-hydrogen) atoms. The van der Waals surface area contributed by atoms with Crippen LogP contribution in [0.3, 0.4) is 0 Å². The van der Waals surface area contributed by atoms with Crippen molar-refractivity contribution in [3.63, 3.8) is 0 Å². The summed E-state index contributed by atoms with van der Waals surface area (Å²) in [5.74, 6) is 5.56. The van der Waals surface area contributed by atoms with Gasteiger partial charge in [-0.25, -0.2) is 0 Å². The number of aliphatic hydroxyl groups excluding tert-OH is 1. The molecule has 0 aromatic heterocycles. The van der Waals surface area contributed by atoms with Crippen molar-refractivity contribution in [2.24, 2.45) is 34.5 Å². The zero-order valence-electron chi connectivity index (χ0n) is 14.7. The van der Waals surface area contributed by atoms with Crippen molar-refractivity contribution in [1.29, 1.82) is 0 Å². The molecule has 4 rings (SSSR count). The van der Waals surface area contributed by atoms with Gasteiger partial charge in [0, 0.05) is 5.41 Å². The van der Waals surface area contributed by atoms with Crippen LogP contribution in [0.15, 0.2) is 0 Å². The summed E-state index contributed by atoms with van der Waals surface area (Å²) in [6.45, 7) is 4.77. The predicted octanol–water partition coefficient (Wildman–Crippen LogP) is 3.75. The molecule has 0 amide bonds. The fourth-order valence-corrected chi connectivity index (χ4v) is 7.49. The Morgan fingerprint density at radius 3 is 2.43 bits per heavy atom. The van der Waals surface area contributed by atoms with Gasteiger partial charge in [0.05, 0.1) is 6.10 Å². The second-order valence-corrected chi connectivity index (χ2v) is 9.58. The molecule has 0 heterocycles. The Bertz CT molecular complexity index is 536. The molecule has 2 heteroatoms. The quantitative estimate of drug-likeness (QED) is 0.668. The molecule has 0 aromatic rings. The summed E-state index contributed by atoms with van der Waals surface area (Å²) < 4.78 is 0. The van der Waals surface area contributed by atoms with Gasteiger partial charge in [0.25, 0.3) is 0 Å². The zero-order valence-corrected chi connectivity index (χ0v) is 14.7. The van der Waals surface area contributed by atoms with Gasteiger partial charge in [-0.3, -0.25) is 0 Å². The van der Waals surface area contributed by atoms with E-state index < -0.39 is 5.60 Å². The van der Waals surface area contributed by atoms with Gasteiger partial charge in [-0.05, 0) is 86.9 Å². The highest BCUT2D eigenvalue weighted by atomic mass is 16.3. The molecule has 2 N–H and O–H groups in total. The molecule has 0 spiro atoms. The maximum atomic E-state index is 11.0. The van der Waals surface area contributed by atoms with Crippen LogP contribution in [0.25, 0.3) is 0 Å². The van der Waals surface area contributed by atoms with Crippen molar-refractivity contribution >= 4 is 0 Å². The average molecular weight is 316 g/mol. The lowest BCUT2D eigenvalue weighted by Crippen LogP contribution is -2.56. The zero-order chi connectivity index (χ0) is 16.5. The molecular weight excluding hydrogens is 284 g/mol. The summed E-state index contributed by atoms with van der Waals surface area (Å²) in [7, 11) is 0. The number of hydrogen-bond donors (Lipinski definition) is 2. The number of aliphatic hydroxyl groups is 2. The van der Waals surface area contributed by atoms with Crippen LogP contribution in [-0.4, -0.2) is 21.9 Å². The van der Waals surface area contributed by atoms with E-state index in [1.165, 1.54) is 25.7 Å². The minimum Gasteiger partial charge on any atom is -0.393 e. The fraction of sp³-hybridized carbons (Fsp3) is 0.905. The molecular formula is C21H32O2. The van der Waals surface area contributed by atoms with E-state index in [-0.39, 0.29) is 11.5 Å². The summed E-state index contributed by atoms with van der Waals surface area (Å²) in [5.41, 5.74) is -0.566. The lowest BCUT2D eigenvalue weighted by Gasteiger charge is -2.61. The van der Waals surface area contributed by atoms with Crippen LogP contribution in [0.5, 0.6) is 0 Å². The maximum absolute atomic E-state index is 11.0. The highest BCUT2D eigenvalue weighted by Gasteiger charge is 2.64. The first-order valence-electron chi connectivity index (χ1n) is 9.72. The predicted molar refractivity (Wildman–Crippen MR) is 91.5 cm³/mol. The van der Waals surface area contributed by atoms with E-state index in [9.17, 15) is 10.2 Å². The van der Waals surface area contributed by atoms with Crippen LogP contribution in [-0.2, 0) is 0 Å². The van der Waals surface area contributed by atoms with Crippen molar-refractivity contribution < 1.29 is 10.2 Å². The molecule has 0 saturated heterocycles. The van der Waals surface area contributed by atoms with Gasteiger partial charge in [0.2, 0.25) is 0 Å². The third kappa shape index (κ3) is 1.96. The van der Waals surface area contributed by atoms with Crippen LogP contribution >= 0.6 is 0 Å². The molecule has 4 saturated carbocycles. The molecule has 0 radical (unpaired) electrons. The second kappa shape index (κ2) is 4.99. The summed E-state index contributed by atoms with van der Waals surface area (Å²) in [5, 5.41) is 21.1. The molecule has 4 aliphatic carbocycles. The summed E-state index contributed by atoms with van der Waals surface area (Å²) in [6.07, 6.45) is 15.6. The largest absolute Gasteiger partial charge is 0.393 e. The molecule has 1 unspecified atom stereocenters. The number of terminal acetylenes is 1. The van der Waals surface area contributed by atoms with E-state index in [1.807, 2.05) is 0 Å². The van der Waals surface area contributed by atoms with Crippen LogP contribution in [0, 0.1) is 46.8 Å². The van der Waals surface area contributed by atoms with Gasteiger partial charge in [-0.15, -0.1) is 6.42 Å². The summed E-state index contributed by atoms with van der Waals surface area (Å²) in [4.78, 5) is 0. The van der Waals surface area contributed by atoms with Crippen molar-refractivity contribution in [3.8, 4) is 12.3 Å². The van der Waals surface area contributed by atoms with Gasteiger partial charge in [0.15, 0.2) is 0 Å². The molecule has 4 fully saturated rings. The van der Waals surface area contributed by atoms with Gasteiger partial charge < -0.3 is 10.2 Å². The highest BCUT2D eigenvalue weighted by Crippen LogP contribution is 2.68. The van der Waals surface area contributed by atoms with Crippen LogP contribution in [0.1, 0.15) is 71.6 Å². The lowest BCUT2D eigenvalue weighted by atomic mass is 9.44. The lowest BCUT2D eigenvalue weighted by molar-refractivity contribution is -0.144. The van der Waals surface area contributed by atoms with E-state index in [0.717, 1.165) is 43.9 Å². The Labute approximate surface area is 141 Å². The van der Waals surface area contributed by atoms with Crippen LogP contribution in [0.4, 0.5) is 0 Å². The van der Waals surface area contributed by atoms with Crippen molar-refractivity contribution in [3.05, 3.63) is 0 Å². The maximum Gasteiger partial charge on any atom is 0.130 e. The highest BCUT2D eigenvalue weighted by molar-refractivity contribution is 5.23. The molecule has 8 atom stereocenters. The fourth-order valence-electron chi connectivity index (χ4n) is 7.49. The first-order valence-corrected chi connectivity index (χ1v) is 9.72. The molecule has 0 bridgehead atoms. The van der Waals surface area contributed by atoms with Gasteiger partial charge in [0.1, 0.15) is 5.60 Å². The van der Waals surface area contributed by atoms with Gasteiger partial charge in [-0.2, -0.15) is 0 Å². The number of fused-ring (bicyclic) bond motifs is 5. The van der Waals surface area contributed by atoms with Crippen molar-refractivity contribution in [1.82, 2.24) is 0 Å². The SMILES string of the molecule is C#C[C@]1(O)CC[C@H]2[C@@H]3CCC4C[C@@H](O)CC[C@]4(C)[C@H]3CC[C@@]21C. The summed E-state index contributed by atoms with van der Waals surface area (Å²) in [6, 6.07) is 0. The molecule has 0 aromatic carbocycles. The van der Waals surface area contributed by atoms with E-state index in [2.05, 4.69) is 19.8 Å². The minimum absolute atomic E-state index is 0.0727. The van der Waals surface area contributed by atoms with Crippen molar-refractivity contribution in [2.75, 3.05) is 0 Å². The van der Waals surface area contributed by atoms with E-state index in [1.54, 1.807) is 0 Å². The van der Waals surface area contributed by atoms with E-state index in [0.29, 0.717) is 17.3 Å². The van der Waals surface area contributed by atoms with Gasteiger partial charge >= 0.3 is 0 Å². The first-order chi connectivity index (χ1) is 10.8. The van der Waals surface area contributed by atoms with E-state index >= 15 is 0 Å². The second-order valence-electron chi connectivity index (χ2n) is 9.58. The average Bonchev–Trinajstić information content (AvgIpc) is 2.80. The Hall–Kier alpha value is -0.520. The summed E-state index contributed by atoms with van der Waals surface area (Å²) >= 11 is 0. The monoisotopic (exact) mass is 316 g/mol. The van der Waals surface area contributed by atoms with Crippen molar-refractivity contribution in [2.45, 2.75) is 83.3 Å². The van der Waals surface area contributed by atoms with E-state index in [4.69, 9.17) is 6.42 Å². The normalized spacial score (nSPS) is 58.7. The molecule has 0 aliphatic heterocycles. The smallest absolute Gasteiger partial charge is 0.130 e. The standard InChI is InChI=1S/C21H32O2/c1-4-21(23)12-9-18-16-6-5-14-13-15(22)7-10-19(14,2)17(16)8-11-20(18,21)3/h1,14-18,22-23H,5-13H2,2-3H3/t14?,15-,16+,17-,18-,19-,20-,21-/m0/s1.